The Morgan fingerprint density at radius 1 is 1.19 bits per heavy atom. The summed E-state index contributed by atoms with van der Waals surface area (Å²) < 4.78 is 7.15. The van der Waals surface area contributed by atoms with Gasteiger partial charge in [0.2, 0.25) is 0 Å². The van der Waals surface area contributed by atoms with E-state index >= 15 is 0 Å². The zero-order valence-electron chi connectivity index (χ0n) is 15.5. The van der Waals surface area contributed by atoms with Crippen molar-refractivity contribution in [2.45, 2.75) is 25.2 Å². The molecule has 0 N–H and O–H groups in total. The fraction of sp³-hybridized carbons (Fsp3) is 0.400. The second-order valence-corrected chi connectivity index (χ2v) is 6.73. The topological polar surface area (TPSA) is 69.0 Å². The van der Waals surface area contributed by atoms with E-state index in [-0.39, 0.29) is 0 Å². The molecule has 0 radical (unpaired) electrons. The molecule has 0 aliphatic carbocycles. The van der Waals surface area contributed by atoms with Crippen LogP contribution in [0.2, 0.25) is 0 Å². The van der Waals surface area contributed by atoms with Gasteiger partial charge < -0.3 is 9.64 Å². The van der Waals surface area contributed by atoms with Gasteiger partial charge in [0.1, 0.15) is 11.6 Å². The first kappa shape index (κ1) is 17.6. The third-order valence-corrected chi connectivity index (χ3v) is 4.86. The number of rotatable bonds is 6. The monoisotopic (exact) mass is 364 g/mol. The summed E-state index contributed by atoms with van der Waals surface area (Å²) in [7, 11) is 1.70. The molecule has 3 aromatic rings. The first-order valence-corrected chi connectivity index (χ1v) is 9.36. The molecule has 140 valence electrons. The molecule has 7 nitrogen and oxygen atoms in total. The minimum atomic E-state index is 0.296. The van der Waals surface area contributed by atoms with Crippen LogP contribution in [-0.4, -0.2) is 51.5 Å². The number of ether oxygens (including phenoxy) is 1. The summed E-state index contributed by atoms with van der Waals surface area (Å²) in [4.78, 5) is 16.0. The molecule has 0 aromatic carbocycles. The van der Waals surface area contributed by atoms with Crippen LogP contribution in [0.4, 0.5) is 5.82 Å². The first-order valence-electron chi connectivity index (χ1n) is 9.36. The highest BCUT2D eigenvalue weighted by atomic mass is 16.5. The number of methoxy groups -OCH3 is 1. The predicted octanol–water partition coefficient (Wildman–Crippen LogP) is 2.63. The second-order valence-electron chi connectivity index (χ2n) is 6.73. The highest BCUT2D eigenvalue weighted by Crippen LogP contribution is 2.29. The van der Waals surface area contributed by atoms with E-state index in [9.17, 15) is 0 Å². The van der Waals surface area contributed by atoms with Crippen molar-refractivity contribution in [1.29, 1.82) is 0 Å². The number of aromatic nitrogens is 5. The molecular weight excluding hydrogens is 340 g/mol. The van der Waals surface area contributed by atoms with Gasteiger partial charge in [-0.3, -0.25) is 4.98 Å². The Kier molecular flexibility index (Phi) is 5.39. The van der Waals surface area contributed by atoms with Crippen LogP contribution in [0.3, 0.4) is 0 Å². The smallest absolute Gasteiger partial charge is 0.153 e. The molecule has 4 heterocycles. The molecule has 1 aliphatic heterocycles. The Balaban J connectivity index is 1.64. The average Bonchev–Trinajstić information content (AvgIpc) is 3.18. The highest BCUT2D eigenvalue weighted by Gasteiger charge is 2.27. The summed E-state index contributed by atoms with van der Waals surface area (Å²) >= 11 is 0. The highest BCUT2D eigenvalue weighted by molar-refractivity contribution is 5.39. The van der Waals surface area contributed by atoms with Crippen LogP contribution in [-0.2, 0) is 11.2 Å². The predicted molar refractivity (Wildman–Crippen MR) is 103 cm³/mol. The number of nitrogens with zero attached hydrogens (tertiary/aromatic N) is 6. The van der Waals surface area contributed by atoms with E-state index in [4.69, 9.17) is 14.8 Å². The third-order valence-electron chi connectivity index (χ3n) is 4.86. The van der Waals surface area contributed by atoms with E-state index in [1.807, 2.05) is 41.3 Å². The van der Waals surface area contributed by atoms with E-state index in [0.717, 1.165) is 49.1 Å². The molecule has 3 aromatic heterocycles. The van der Waals surface area contributed by atoms with Gasteiger partial charge in [0.05, 0.1) is 18.5 Å². The standard InChI is InChI=1S/C20H24N6O/c1-27-13-9-18-23-20(26(24-18)17-7-4-10-21-14-17)16-6-5-12-25(15-16)19-8-2-3-11-22-19/h2-4,7-8,10-11,14,16H,5-6,9,12-13,15H2,1H3/t16-/m0/s1. The zero-order chi connectivity index (χ0) is 18.5. The Labute approximate surface area is 159 Å². The van der Waals surface area contributed by atoms with Crippen molar-refractivity contribution in [2.75, 3.05) is 31.7 Å². The van der Waals surface area contributed by atoms with E-state index in [1.165, 1.54) is 0 Å². The van der Waals surface area contributed by atoms with Gasteiger partial charge in [0, 0.05) is 44.9 Å². The SMILES string of the molecule is COCCc1nc([C@H]2CCCN(c3ccccn3)C2)n(-c2cccnc2)n1. The molecule has 0 saturated carbocycles. The number of piperidine rings is 1. The molecule has 1 saturated heterocycles. The maximum atomic E-state index is 5.20. The fourth-order valence-corrected chi connectivity index (χ4v) is 3.54. The Morgan fingerprint density at radius 2 is 2.15 bits per heavy atom. The van der Waals surface area contributed by atoms with Crippen molar-refractivity contribution in [1.82, 2.24) is 24.7 Å². The van der Waals surface area contributed by atoms with E-state index in [1.54, 1.807) is 13.3 Å². The first-order chi connectivity index (χ1) is 13.3. The largest absolute Gasteiger partial charge is 0.384 e. The van der Waals surface area contributed by atoms with Gasteiger partial charge in [-0.15, -0.1) is 0 Å². The number of hydrogen-bond donors (Lipinski definition) is 0. The van der Waals surface area contributed by atoms with Crippen LogP contribution < -0.4 is 4.90 Å². The van der Waals surface area contributed by atoms with Crippen LogP contribution in [0.25, 0.3) is 5.69 Å². The lowest BCUT2D eigenvalue weighted by molar-refractivity contribution is 0.200. The van der Waals surface area contributed by atoms with Crippen LogP contribution in [0.5, 0.6) is 0 Å². The number of pyridine rings is 2. The minimum Gasteiger partial charge on any atom is -0.384 e. The Hall–Kier alpha value is -2.80. The van der Waals surface area contributed by atoms with Crippen molar-refractivity contribution in [3.05, 3.63) is 60.6 Å². The van der Waals surface area contributed by atoms with Crippen molar-refractivity contribution in [3.63, 3.8) is 0 Å². The third kappa shape index (κ3) is 3.98. The Morgan fingerprint density at radius 3 is 2.93 bits per heavy atom. The summed E-state index contributed by atoms with van der Waals surface area (Å²) in [6, 6.07) is 10.00. The van der Waals surface area contributed by atoms with Crippen LogP contribution in [0.15, 0.2) is 48.9 Å². The van der Waals surface area contributed by atoms with Gasteiger partial charge in [0.15, 0.2) is 5.82 Å². The fourth-order valence-electron chi connectivity index (χ4n) is 3.54. The van der Waals surface area contributed by atoms with Gasteiger partial charge in [-0.1, -0.05) is 6.07 Å². The molecule has 0 unspecified atom stereocenters. The summed E-state index contributed by atoms with van der Waals surface area (Å²) in [5, 5.41) is 4.74. The lowest BCUT2D eigenvalue weighted by Crippen LogP contribution is -2.35. The van der Waals surface area contributed by atoms with Crippen LogP contribution in [0.1, 0.15) is 30.4 Å². The quantitative estimate of drug-likeness (QED) is 0.670. The molecule has 0 spiro atoms. The summed E-state index contributed by atoms with van der Waals surface area (Å²) in [6.45, 7) is 2.52. The van der Waals surface area contributed by atoms with Gasteiger partial charge in [-0.05, 0) is 37.1 Å². The number of hydrogen-bond acceptors (Lipinski definition) is 6. The lowest BCUT2D eigenvalue weighted by atomic mass is 9.97. The van der Waals surface area contributed by atoms with E-state index in [2.05, 4.69) is 20.9 Å². The molecule has 0 bridgehead atoms. The average molecular weight is 364 g/mol. The molecule has 0 amide bonds. The molecular formula is C20H24N6O. The van der Waals surface area contributed by atoms with Crippen molar-refractivity contribution < 1.29 is 4.74 Å². The summed E-state index contributed by atoms with van der Waals surface area (Å²) in [6.07, 6.45) is 8.35. The molecule has 7 heteroatoms. The van der Waals surface area contributed by atoms with Crippen LogP contribution in [0, 0.1) is 0 Å². The van der Waals surface area contributed by atoms with E-state index in [0.29, 0.717) is 18.9 Å². The number of anilines is 1. The van der Waals surface area contributed by atoms with Gasteiger partial charge in [0.25, 0.3) is 0 Å². The van der Waals surface area contributed by atoms with Crippen molar-refractivity contribution in [2.24, 2.45) is 0 Å². The van der Waals surface area contributed by atoms with Gasteiger partial charge in [-0.2, -0.15) is 5.10 Å². The molecule has 4 rings (SSSR count). The summed E-state index contributed by atoms with van der Waals surface area (Å²) in [5.74, 6) is 3.12. The van der Waals surface area contributed by atoms with Crippen molar-refractivity contribution >= 4 is 5.82 Å². The maximum absolute atomic E-state index is 5.20. The summed E-state index contributed by atoms with van der Waals surface area (Å²) in [5.41, 5.74) is 0.943. The molecule has 1 atom stereocenters. The van der Waals surface area contributed by atoms with Crippen molar-refractivity contribution in [3.8, 4) is 5.69 Å². The van der Waals surface area contributed by atoms with E-state index < -0.39 is 0 Å². The normalized spacial score (nSPS) is 17.2. The molecule has 27 heavy (non-hydrogen) atoms. The lowest BCUT2D eigenvalue weighted by Gasteiger charge is -2.33. The molecule has 1 aliphatic rings. The second kappa shape index (κ2) is 8.26. The minimum absolute atomic E-state index is 0.296. The Bertz CT molecular complexity index is 851. The van der Waals surface area contributed by atoms with Crippen LogP contribution >= 0.6 is 0 Å². The zero-order valence-corrected chi connectivity index (χ0v) is 15.5. The maximum Gasteiger partial charge on any atom is 0.153 e. The molecule has 1 fully saturated rings. The van der Waals surface area contributed by atoms with Gasteiger partial charge >= 0.3 is 0 Å². The van der Waals surface area contributed by atoms with Gasteiger partial charge in [-0.25, -0.2) is 14.6 Å².